The Morgan fingerprint density at radius 1 is 1.19 bits per heavy atom. The van der Waals surface area contributed by atoms with Gasteiger partial charge in [0.25, 0.3) is 0 Å². The fourth-order valence-corrected chi connectivity index (χ4v) is 3.41. The fourth-order valence-electron chi connectivity index (χ4n) is 3.41. The molecule has 26 heavy (non-hydrogen) atoms. The van der Waals surface area contributed by atoms with Crippen molar-refractivity contribution in [2.24, 2.45) is 5.92 Å². The van der Waals surface area contributed by atoms with Crippen LogP contribution in [0.4, 0.5) is 0 Å². The van der Waals surface area contributed by atoms with Crippen molar-refractivity contribution < 1.29 is 9.53 Å². The molecule has 1 amide bonds. The standard InChI is InChI=1S/C10H13NO.C9H17NO.C3H8/c1-12-10-3-2-8-4-5-11-7-9(8)6-10;11-8-10-7-6-9-4-2-1-3-5-9;1-3-2/h2-3,6,11H,4-5,7H2,1H3;8-9H,1-7H2,(H,10,11);3H2,1-2H3. The van der Waals surface area contributed by atoms with Crippen molar-refractivity contribution in [3.8, 4) is 5.75 Å². The first kappa shape index (κ1) is 22.5. The first-order valence-corrected chi connectivity index (χ1v) is 10.3. The van der Waals surface area contributed by atoms with Crippen LogP contribution in [0.1, 0.15) is 69.9 Å². The molecule has 1 fully saturated rings. The predicted octanol–water partition coefficient (Wildman–Crippen LogP) is 4.46. The Kier molecular flexibility index (Phi) is 12.6. The zero-order chi connectivity index (χ0) is 19.0. The van der Waals surface area contributed by atoms with Crippen LogP contribution in [0, 0.1) is 5.92 Å². The third-order valence-corrected chi connectivity index (χ3v) is 4.81. The summed E-state index contributed by atoms with van der Waals surface area (Å²) in [4.78, 5) is 9.94. The number of hydrogen-bond donors (Lipinski definition) is 2. The Morgan fingerprint density at radius 3 is 2.58 bits per heavy atom. The largest absolute Gasteiger partial charge is 0.497 e. The lowest BCUT2D eigenvalue weighted by Crippen LogP contribution is -2.23. The molecule has 1 saturated carbocycles. The molecule has 0 bridgehead atoms. The van der Waals surface area contributed by atoms with E-state index in [-0.39, 0.29) is 0 Å². The van der Waals surface area contributed by atoms with Gasteiger partial charge in [-0.05, 0) is 48.6 Å². The number of carbonyl (C=O) groups is 1. The maximum atomic E-state index is 9.94. The third kappa shape index (κ3) is 9.23. The monoisotopic (exact) mass is 362 g/mol. The summed E-state index contributed by atoms with van der Waals surface area (Å²) in [5.74, 6) is 1.84. The van der Waals surface area contributed by atoms with Crippen molar-refractivity contribution in [3.05, 3.63) is 29.3 Å². The molecule has 4 heteroatoms. The molecule has 1 heterocycles. The lowest BCUT2D eigenvalue weighted by molar-refractivity contribution is -0.109. The molecule has 0 radical (unpaired) electrons. The Hall–Kier alpha value is -1.55. The number of ether oxygens (including phenoxy) is 1. The molecule has 2 aliphatic rings. The number of hydrogen-bond acceptors (Lipinski definition) is 3. The van der Waals surface area contributed by atoms with E-state index in [0.29, 0.717) is 0 Å². The van der Waals surface area contributed by atoms with E-state index in [9.17, 15) is 4.79 Å². The number of rotatable bonds is 5. The van der Waals surface area contributed by atoms with Crippen LogP contribution in [-0.4, -0.2) is 26.6 Å². The van der Waals surface area contributed by atoms with Crippen molar-refractivity contribution >= 4 is 6.41 Å². The van der Waals surface area contributed by atoms with Crippen LogP contribution in [0.15, 0.2) is 18.2 Å². The lowest BCUT2D eigenvalue weighted by Gasteiger charge is -2.20. The van der Waals surface area contributed by atoms with E-state index in [1.807, 2.05) is 6.07 Å². The summed E-state index contributed by atoms with van der Waals surface area (Å²) in [5, 5.41) is 6.05. The van der Waals surface area contributed by atoms with Crippen LogP contribution in [0.5, 0.6) is 5.75 Å². The van der Waals surface area contributed by atoms with Crippen molar-refractivity contribution in [3.63, 3.8) is 0 Å². The second kappa shape index (κ2) is 14.6. The fraction of sp³-hybridized carbons (Fsp3) is 0.682. The molecule has 0 saturated heterocycles. The molecule has 0 aromatic heterocycles. The Labute approximate surface area is 160 Å². The zero-order valence-electron chi connectivity index (χ0n) is 17.0. The predicted molar refractivity (Wildman–Crippen MR) is 110 cm³/mol. The number of amides is 1. The minimum absolute atomic E-state index is 0.794. The highest BCUT2D eigenvalue weighted by Crippen LogP contribution is 2.25. The lowest BCUT2D eigenvalue weighted by atomic mass is 9.87. The summed E-state index contributed by atoms with van der Waals surface area (Å²) in [6, 6.07) is 6.31. The van der Waals surface area contributed by atoms with E-state index >= 15 is 0 Å². The van der Waals surface area contributed by atoms with Gasteiger partial charge in [0.2, 0.25) is 6.41 Å². The summed E-state index contributed by atoms with van der Waals surface area (Å²) in [7, 11) is 1.71. The Morgan fingerprint density at radius 2 is 1.92 bits per heavy atom. The van der Waals surface area contributed by atoms with Gasteiger partial charge in [0.15, 0.2) is 0 Å². The smallest absolute Gasteiger partial charge is 0.207 e. The minimum atomic E-state index is 0.794. The van der Waals surface area contributed by atoms with E-state index < -0.39 is 0 Å². The minimum Gasteiger partial charge on any atom is -0.497 e. The molecule has 148 valence electrons. The number of fused-ring (bicyclic) bond motifs is 1. The van der Waals surface area contributed by atoms with E-state index in [1.54, 1.807) is 7.11 Å². The van der Waals surface area contributed by atoms with E-state index in [0.717, 1.165) is 44.1 Å². The topological polar surface area (TPSA) is 50.4 Å². The van der Waals surface area contributed by atoms with Gasteiger partial charge in [-0.25, -0.2) is 0 Å². The average molecular weight is 363 g/mol. The van der Waals surface area contributed by atoms with Crippen molar-refractivity contribution in [1.29, 1.82) is 0 Å². The first-order chi connectivity index (χ1) is 12.7. The van der Waals surface area contributed by atoms with Gasteiger partial charge in [-0.3, -0.25) is 4.79 Å². The molecule has 2 N–H and O–H groups in total. The highest BCUT2D eigenvalue weighted by Gasteiger charge is 2.12. The maximum Gasteiger partial charge on any atom is 0.207 e. The SMILES string of the molecule is CCC.COc1ccc2c(c1)CNCC2.O=CNCCC1CCCCC1. The van der Waals surface area contributed by atoms with Crippen molar-refractivity contribution in [2.75, 3.05) is 20.2 Å². The number of carbonyl (C=O) groups excluding carboxylic acids is 1. The molecule has 3 rings (SSSR count). The summed E-state index contributed by atoms with van der Waals surface area (Å²) >= 11 is 0. The van der Waals surface area contributed by atoms with Gasteiger partial charge in [0, 0.05) is 13.1 Å². The van der Waals surface area contributed by atoms with Crippen LogP contribution in [0.2, 0.25) is 0 Å². The molecule has 0 spiro atoms. The van der Waals surface area contributed by atoms with Gasteiger partial charge in [0.1, 0.15) is 5.75 Å². The summed E-state index contributed by atoms with van der Waals surface area (Å²) in [5.41, 5.74) is 2.83. The molecule has 4 nitrogen and oxygen atoms in total. The van der Waals surface area contributed by atoms with E-state index in [4.69, 9.17) is 4.74 Å². The normalized spacial score (nSPS) is 16.1. The van der Waals surface area contributed by atoms with Gasteiger partial charge in [-0.15, -0.1) is 0 Å². The molecular formula is C22H38N2O2. The molecule has 0 atom stereocenters. The Balaban J connectivity index is 0.000000227. The van der Waals surface area contributed by atoms with Gasteiger partial charge < -0.3 is 15.4 Å². The number of benzene rings is 1. The van der Waals surface area contributed by atoms with Crippen LogP contribution in [0.25, 0.3) is 0 Å². The highest BCUT2D eigenvalue weighted by atomic mass is 16.5. The van der Waals surface area contributed by atoms with Gasteiger partial charge in [-0.2, -0.15) is 0 Å². The molecule has 1 aliphatic heterocycles. The third-order valence-electron chi connectivity index (χ3n) is 4.81. The maximum absolute atomic E-state index is 9.94. The molecule has 1 aromatic carbocycles. The van der Waals surface area contributed by atoms with E-state index in [1.165, 1.54) is 56.1 Å². The van der Waals surface area contributed by atoms with Crippen LogP contribution in [0.3, 0.4) is 0 Å². The summed E-state index contributed by atoms with van der Waals surface area (Å²) in [6.45, 7) is 7.19. The highest BCUT2D eigenvalue weighted by molar-refractivity contribution is 5.45. The van der Waals surface area contributed by atoms with Gasteiger partial charge >= 0.3 is 0 Å². The second-order valence-corrected chi connectivity index (χ2v) is 7.13. The number of nitrogens with one attached hydrogen (secondary N) is 2. The quantitative estimate of drug-likeness (QED) is 0.600. The number of methoxy groups -OCH3 is 1. The zero-order valence-corrected chi connectivity index (χ0v) is 17.0. The van der Waals surface area contributed by atoms with Crippen LogP contribution in [-0.2, 0) is 17.8 Å². The van der Waals surface area contributed by atoms with Crippen LogP contribution >= 0.6 is 0 Å². The van der Waals surface area contributed by atoms with Gasteiger partial charge in [-0.1, -0.05) is 58.4 Å². The van der Waals surface area contributed by atoms with E-state index in [2.05, 4.69) is 36.6 Å². The Bertz CT molecular complexity index is 485. The van der Waals surface area contributed by atoms with Crippen molar-refractivity contribution in [1.82, 2.24) is 10.6 Å². The first-order valence-electron chi connectivity index (χ1n) is 10.3. The average Bonchev–Trinajstić information content (AvgIpc) is 2.70. The second-order valence-electron chi connectivity index (χ2n) is 7.13. The van der Waals surface area contributed by atoms with Gasteiger partial charge in [0.05, 0.1) is 7.11 Å². The molecule has 1 aliphatic carbocycles. The molecular weight excluding hydrogens is 324 g/mol. The molecule has 0 unspecified atom stereocenters. The summed E-state index contributed by atoms with van der Waals surface area (Å²) < 4.78 is 5.15. The van der Waals surface area contributed by atoms with Crippen LogP contribution < -0.4 is 15.4 Å². The molecule has 1 aromatic rings. The van der Waals surface area contributed by atoms with Crippen molar-refractivity contribution in [2.45, 2.75) is 71.8 Å². The summed E-state index contributed by atoms with van der Waals surface area (Å²) in [6.07, 6.45) is 11.3.